The molecule has 0 aliphatic heterocycles. The lowest BCUT2D eigenvalue weighted by Crippen LogP contribution is -2.08. The number of nitrogens with one attached hydrogen (secondary N) is 2. The molecule has 0 radical (unpaired) electrons. The number of imidazole rings is 1. The maximum atomic E-state index is 5.90. The van der Waals surface area contributed by atoms with Crippen molar-refractivity contribution in [3.63, 3.8) is 0 Å². The highest BCUT2D eigenvalue weighted by Crippen LogP contribution is 2.24. The molecule has 2 aromatic rings. The highest BCUT2D eigenvalue weighted by Gasteiger charge is 2.13. The van der Waals surface area contributed by atoms with Crippen LogP contribution in [0, 0.1) is 0 Å². The van der Waals surface area contributed by atoms with E-state index in [-0.39, 0.29) is 0 Å². The first kappa shape index (κ1) is 13.1. The Balaban J connectivity index is 2.39. The first-order valence-corrected chi connectivity index (χ1v) is 6.49. The Hall–Kier alpha value is -1.32. The lowest BCUT2D eigenvalue weighted by Gasteiger charge is -2.03. The molecule has 2 rings (SSSR count). The average molecular weight is 264 g/mol. The number of aromatic amines is 1. The van der Waals surface area contributed by atoms with E-state index in [0.29, 0.717) is 5.92 Å². The van der Waals surface area contributed by atoms with E-state index in [1.54, 1.807) is 0 Å². The van der Waals surface area contributed by atoms with Crippen molar-refractivity contribution < 1.29 is 0 Å². The third kappa shape index (κ3) is 2.74. The van der Waals surface area contributed by atoms with E-state index >= 15 is 0 Å². The summed E-state index contributed by atoms with van der Waals surface area (Å²) in [4.78, 5) is 8.07. The molecule has 1 aromatic heterocycles. The van der Waals surface area contributed by atoms with E-state index in [1.807, 2.05) is 31.3 Å². The molecule has 0 aliphatic rings. The maximum Gasteiger partial charge on any atom is 0.137 e. The van der Waals surface area contributed by atoms with Crippen LogP contribution < -0.4 is 5.32 Å². The molecule has 0 unspecified atom stereocenters. The van der Waals surface area contributed by atoms with E-state index in [1.165, 1.54) is 0 Å². The van der Waals surface area contributed by atoms with Crippen molar-refractivity contribution in [2.45, 2.75) is 26.3 Å². The van der Waals surface area contributed by atoms with Gasteiger partial charge >= 0.3 is 0 Å². The molecule has 96 valence electrons. The van der Waals surface area contributed by atoms with Crippen LogP contribution in [0.2, 0.25) is 5.02 Å². The standard InChI is InChI=1S/C14H18ClN3/c1-9(2)13-12(8-16-3)17-14(18-13)10-4-6-11(15)7-5-10/h4-7,9,16H,8H2,1-3H3,(H,17,18). The number of halogens is 1. The van der Waals surface area contributed by atoms with Gasteiger partial charge < -0.3 is 10.3 Å². The van der Waals surface area contributed by atoms with Crippen LogP contribution in [0.3, 0.4) is 0 Å². The Bertz CT molecular complexity index is 514. The van der Waals surface area contributed by atoms with Crippen molar-refractivity contribution in [1.82, 2.24) is 15.3 Å². The highest BCUT2D eigenvalue weighted by atomic mass is 35.5. The fourth-order valence-corrected chi connectivity index (χ4v) is 2.08. The second-order valence-electron chi connectivity index (χ2n) is 4.64. The molecule has 0 amide bonds. The van der Waals surface area contributed by atoms with Gasteiger partial charge in [-0.15, -0.1) is 0 Å². The molecule has 2 N–H and O–H groups in total. The monoisotopic (exact) mass is 263 g/mol. The van der Waals surface area contributed by atoms with Gasteiger partial charge in [0.25, 0.3) is 0 Å². The van der Waals surface area contributed by atoms with Crippen LogP contribution in [0.1, 0.15) is 31.2 Å². The molecule has 4 heteroatoms. The maximum absolute atomic E-state index is 5.90. The third-order valence-electron chi connectivity index (χ3n) is 2.83. The number of H-pyrrole nitrogens is 1. The topological polar surface area (TPSA) is 40.7 Å². The lowest BCUT2D eigenvalue weighted by atomic mass is 10.1. The molecular weight excluding hydrogens is 246 g/mol. The summed E-state index contributed by atoms with van der Waals surface area (Å²) >= 11 is 5.90. The molecule has 1 aromatic carbocycles. The largest absolute Gasteiger partial charge is 0.341 e. The second-order valence-corrected chi connectivity index (χ2v) is 5.08. The minimum Gasteiger partial charge on any atom is -0.341 e. The Morgan fingerprint density at radius 3 is 2.50 bits per heavy atom. The smallest absolute Gasteiger partial charge is 0.137 e. The fraction of sp³-hybridized carbons (Fsp3) is 0.357. The predicted octanol–water partition coefficient (Wildman–Crippen LogP) is 3.57. The zero-order valence-electron chi connectivity index (χ0n) is 10.9. The van der Waals surface area contributed by atoms with Crippen LogP contribution in [0.4, 0.5) is 0 Å². The molecule has 0 saturated heterocycles. The Morgan fingerprint density at radius 1 is 1.28 bits per heavy atom. The molecule has 0 bridgehead atoms. The minimum absolute atomic E-state index is 0.408. The molecule has 3 nitrogen and oxygen atoms in total. The van der Waals surface area contributed by atoms with Gasteiger partial charge in [0.15, 0.2) is 0 Å². The van der Waals surface area contributed by atoms with Gasteiger partial charge in [0.05, 0.1) is 11.4 Å². The second kappa shape index (κ2) is 5.55. The summed E-state index contributed by atoms with van der Waals surface area (Å²) in [5.41, 5.74) is 3.33. The number of benzene rings is 1. The van der Waals surface area contributed by atoms with Crippen LogP contribution in [0.5, 0.6) is 0 Å². The van der Waals surface area contributed by atoms with E-state index in [9.17, 15) is 0 Å². The summed E-state index contributed by atoms with van der Waals surface area (Å²) in [5.74, 6) is 1.31. The van der Waals surface area contributed by atoms with Gasteiger partial charge in [-0.25, -0.2) is 4.98 Å². The number of aromatic nitrogens is 2. The summed E-state index contributed by atoms with van der Waals surface area (Å²) in [5, 5.41) is 3.90. The van der Waals surface area contributed by atoms with Crippen LogP contribution in [-0.2, 0) is 6.54 Å². The summed E-state index contributed by atoms with van der Waals surface area (Å²) in [7, 11) is 1.94. The first-order chi connectivity index (χ1) is 8.61. The zero-order chi connectivity index (χ0) is 13.1. The van der Waals surface area contributed by atoms with Crippen molar-refractivity contribution in [3.05, 3.63) is 40.7 Å². The van der Waals surface area contributed by atoms with Gasteiger partial charge in [0.2, 0.25) is 0 Å². The summed E-state index contributed by atoms with van der Waals surface area (Å²) in [6, 6.07) is 7.72. The molecule has 18 heavy (non-hydrogen) atoms. The van der Waals surface area contributed by atoms with E-state index < -0.39 is 0 Å². The van der Waals surface area contributed by atoms with Crippen LogP contribution in [0.15, 0.2) is 24.3 Å². The molecular formula is C14H18ClN3. The number of nitrogens with zero attached hydrogens (tertiary/aromatic N) is 1. The van der Waals surface area contributed by atoms with Gasteiger partial charge in [0, 0.05) is 17.1 Å². The predicted molar refractivity (Wildman–Crippen MR) is 75.9 cm³/mol. The van der Waals surface area contributed by atoms with E-state index in [0.717, 1.165) is 34.3 Å². The molecule has 0 aliphatic carbocycles. The van der Waals surface area contributed by atoms with Gasteiger partial charge in [-0.05, 0) is 37.2 Å². The number of hydrogen-bond donors (Lipinski definition) is 2. The van der Waals surface area contributed by atoms with Crippen LogP contribution in [0.25, 0.3) is 11.4 Å². The normalized spacial score (nSPS) is 11.2. The molecule has 0 fully saturated rings. The van der Waals surface area contributed by atoms with Crippen molar-refractivity contribution in [1.29, 1.82) is 0 Å². The molecule has 0 atom stereocenters. The Kier molecular flexibility index (Phi) is 4.04. The minimum atomic E-state index is 0.408. The molecule has 0 spiro atoms. The van der Waals surface area contributed by atoms with E-state index in [2.05, 4.69) is 29.1 Å². The van der Waals surface area contributed by atoms with Gasteiger partial charge in [-0.1, -0.05) is 25.4 Å². The summed E-state index contributed by atoms with van der Waals surface area (Å²) in [6.45, 7) is 5.11. The average Bonchev–Trinajstić information content (AvgIpc) is 2.75. The summed E-state index contributed by atoms with van der Waals surface area (Å²) in [6.07, 6.45) is 0. The number of hydrogen-bond acceptors (Lipinski definition) is 2. The van der Waals surface area contributed by atoms with Crippen molar-refractivity contribution in [2.75, 3.05) is 7.05 Å². The SMILES string of the molecule is CNCc1[nH]c(-c2ccc(Cl)cc2)nc1C(C)C. The Labute approximate surface area is 113 Å². The summed E-state index contributed by atoms with van der Waals surface area (Å²) < 4.78 is 0. The van der Waals surface area contributed by atoms with Crippen molar-refractivity contribution in [2.24, 2.45) is 0 Å². The highest BCUT2D eigenvalue weighted by molar-refractivity contribution is 6.30. The van der Waals surface area contributed by atoms with Crippen LogP contribution in [-0.4, -0.2) is 17.0 Å². The molecule has 0 saturated carbocycles. The van der Waals surface area contributed by atoms with Crippen molar-refractivity contribution >= 4 is 11.6 Å². The zero-order valence-corrected chi connectivity index (χ0v) is 11.7. The van der Waals surface area contributed by atoms with Crippen LogP contribution >= 0.6 is 11.6 Å². The molecule has 1 heterocycles. The number of rotatable bonds is 4. The fourth-order valence-electron chi connectivity index (χ4n) is 1.96. The van der Waals surface area contributed by atoms with Gasteiger partial charge in [-0.2, -0.15) is 0 Å². The quantitative estimate of drug-likeness (QED) is 0.885. The van der Waals surface area contributed by atoms with E-state index in [4.69, 9.17) is 11.6 Å². The Morgan fingerprint density at radius 2 is 1.94 bits per heavy atom. The van der Waals surface area contributed by atoms with Crippen molar-refractivity contribution in [3.8, 4) is 11.4 Å². The third-order valence-corrected chi connectivity index (χ3v) is 3.08. The first-order valence-electron chi connectivity index (χ1n) is 6.11. The lowest BCUT2D eigenvalue weighted by molar-refractivity contribution is 0.750. The van der Waals surface area contributed by atoms with Gasteiger partial charge in [0.1, 0.15) is 5.82 Å². The van der Waals surface area contributed by atoms with Gasteiger partial charge in [-0.3, -0.25) is 0 Å².